The second-order valence-electron chi connectivity index (χ2n) is 3.69. The highest BCUT2D eigenvalue weighted by Gasteiger charge is 2.18. The van der Waals surface area contributed by atoms with E-state index in [1.165, 1.54) is 6.07 Å². The van der Waals surface area contributed by atoms with Gasteiger partial charge in [0.05, 0.1) is 9.82 Å². The molecule has 0 heterocycles. The quantitative estimate of drug-likeness (QED) is 0.283. The molecule has 20 heavy (non-hydrogen) atoms. The molecule has 0 unspecified atom stereocenters. The number of aliphatic imine (C=N–C) groups is 2. The fraction of sp³-hybridized carbons (Fsp3) is 0.111. The standard InChI is InChI=1S/C9H12N6O4S/c1-20(18,19)5-2-3-6(7(4-5)15(16)17)13-9(12)14-8(10)11/h2-4H,1H3,(H6,10,11,12,13,14). The van der Waals surface area contributed by atoms with Crippen molar-refractivity contribution >= 4 is 33.1 Å². The molecule has 0 fully saturated rings. The number of nitrogens with two attached hydrogens (primary N) is 3. The summed E-state index contributed by atoms with van der Waals surface area (Å²) in [5.74, 6) is -0.748. The molecule has 0 bridgehead atoms. The van der Waals surface area contributed by atoms with Gasteiger partial charge in [-0.2, -0.15) is 4.99 Å². The first-order chi connectivity index (χ1) is 9.11. The Hall–Kier alpha value is -2.69. The maximum absolute atomic E-state index is 11.3. The molecule has 0 saturated heterocycles. The molecule has 1 rings (SSSR count). The van der Waals surface area contributed by atoms with E-state index in [9.17, 15) is 18.5 Å². The zero-order valence-corrected chi connectivity index (χ0v) is 11.2. The molecule has 0 aliphatic rings. The highest BCUT2D eigenvalue weighted by molar-refractivity contribution is 7.90. The summed E-state index contributed by atoms with van der Waals surface area (Å²) >= 11 is 0. The number of nitro benzene ring substituents is 1. The molecule has 108 valence electrons. The van der Waals surface area contributed by atoms with Crippen LogP contribution >= 0.6 is 0 Å². The molecule has 1 aromatic carbocycles. The molecule has 0 amide bonds. The molecule has 0 spiro atoms. The highest BCUT2D eigenvalue weighted by Crippen LogP contribution is 2.29. The number of rotatable bonds is 3. The Kier molecular flexibility index (Phi) is 4.24. The second kappa shape index (κ2) is 5.52. The highest BCUT2D eigenvalue weighted by atomic mass is 32.2. The number of sulfone groups is 1. The summed E-state index contributed by atoms with van der Waals surface area (Å²) in [6.07, 6.45) is 0.933. The predicted molar refractivity (Wildman–Crippen MR) is 73.3 cm³/mol. The number of hydrogen-bond donors (Lipinski definition) is 3. The van der Waals surface area contributed by atoms with E-state index in [1.54, 1.807) is 0 Å². The third-order valence-corrected chi connectivity index (χ3v) is 3.16. The number of guanidine groups is 2. The maximum Gasteiger partial charge on any atom is 0.296 e. The molecule has 0 radical (unpaired) electrons. The van der Waals surface area contributed by atoms with Crippen LogP contribution in [0.4, 0.5) is 11.4 Å². The van der Waals surface area contributed by atoms with Crippen molar-refractivity contribution in [3.63, 3.8) is 0 Å². The Balaban J connectivity index is 3.43. The van der Waals surface area contributed by atoms with E-state index in [0.29, 0.717) is 0 Å². The number of nitro groups is 1. The summed E-state index contributed by atoms with van der Waals surface area (Å²) in [5, 5.41) is 10.9. The first-order valence-corrected chi connectivity index (χ1v) is 6.92. The van der Waals surface area contributed by atoms with E-state index in [4.69, 9.17) is 17.2 Å². The third kappa shape index (κ3) is 3.91. The molecular weight excluding hydrogens is 288 g/mol. The van der Waals surface area contributed by atoms with Crippen LogP contribution in [0.1, 0.15) is 0 Å². The fourth-order valence-electron chi connectivity index (χ4n) is 1.26. The van der Waals surface area contributed by atoms with Crippen LogP contribution in [0, 0.1) is 10.1 Å². The van der Waals surface area contributed by atoms with Gasteiger partial charge in [-0.1, -0.05) is 0 Å². The van der Waals surface area contributed by atoms with Gasteiger partial charge in [0.15, 0.2) is 15.8 Å². The van der Waals surface area contributed by atoms with Gasteiger partial charge in [-0.05, 0) is 12.1 Å². The molecule has 10 nitrogen and oxygen atoms in total. The van der Waals surface area contributed by atoms with Gasteiger partial charge in [0.25, 0.3) is 5.69 Å². The van der Waals surface area contributed by atoms with Gasteiger partial charge in [0.2, 0.25) is 5.96 Å². The van der Waals surface area contributed by atoms with E-state index < -0.39 is 20.4 Å². The number of benzene rings is 1. The lowest BCUT2D eigenvalue weighted by atomic mass is 10.3. The lowest BCUT2D eigenvalue weighted by Gasteiger charge is -2.02. The van der Waals surface area contributed by atoms with Crippen LogP contribution < -0.4 is 17.2 Å². The zero-order valence-electron chi connectivity index (χ0n) is 10.3. The summed E-state index contributed by atoms with van der Waals surface area (Å²) in [6.45, 7) is 0. The largest absolute Gasteiger partial charge is 0.370 e. The van der Waals surface area contributed by atoms with Crippen molar-refractivity contribution in [3.8, 4) is 0 Å². The van der Waals surface area contributed by atoms with E-state index in [-0.39, 0.29) is 22.5 Å². The minimum absolute atomic E-state index is 0.162. The van der Waals surface area contributed by atoms with Gasteiger partial charge < -0.3 is 17.2 Å². The van der Waals surface area contributed by atoms with Gasteiger partial charge in [0, 0.05) is 12.3 Å². The Morgan fingerprint density at radius 2 is 1.90 bits per heavy atom. The van der Waals surface area contributed by atoms with Gasteiger partial charge >= 0.3 is 0 Å². The van der Waals surface area contributed by atoms with E-state index in [0.717, 1.165) is 18.4 Å². The minimum Gasteiger partial charge on any atom is -0.370 e. The van der Waals surface area contributed by atoms with Crippen molar-refractivity contribution in [1.82, 2.24) is 0 Å². The smallest absolute Gasteiger partial charge is 0.296 e. The average molecular weight is 300 g/mol. The molecule has 0 aliphatic carbocycles. The van der Waals surface area contributed by atoms with Crippen molar-refractivity contribution in [2.24, 2.45) is 27.2 Å². The van der Waals surface area contributed by atoms with Crippen molar-refractivity contribution < 1.29 is 13.3 Å². The number of nitrogens with zero attached hydrogens (tertiary/aromatic N) is 3. The van der Waals surface area contributed by atoms with Gasteiger partial charge in [-0.15, -0.1) is 0 Å². The number of hydrogen-bond acceptors (Lipinski definition) is 5. The van der Waals surface area contributed by atoms with Crippen molar-refractivity contribution in [2.45, 2.75) is 4.90 Å². The minimum atomic E-state index is -3.57. The Bertz CT molecular complexity index is 705. The van der Waals surface area contributed by atoms with Crippen LogP contribution in [0.25, 0.3) is 0 Å². The van der Waals surface area contributed by atoms with Crippen LogP contribution in [-0.2, 0) is 9.84 Å². The summed E-state index contributed by atoms with van der Waals surface area (Å²) in [7, 11) is -3.57. The normalized spacial score (nSPS) is 11.9. The molecule has 1 aromatic rings. The van der Waals surface area contributed by atoms with Crippen LogP contribution in [0.15, 0.2) is 33.1 Å². The van der Waals surface area contributed by atoms with Crippen LogP contribution in [0.5, 0.6) is 0 Å². The molecule has 11 heteroatoms. The lowest BCUT2D eigenvalue weighted by molar-refractivity contribution is -0.384. The van der Waals surface area contributed by atoms with E-state index in [1.807, 2.05) is 0 Å². The van der Waals surface area contributed by atoms with E-state index >= 15 is 0 Å². The summed E-state index contributed by atoms with van der Waals surface area (Å²) in [4.78, 5) is 17.0. The van der Waals surface area contributed by atoms with Gasteiger partial charge in [0.1, 0.15) is 5.69 Å². The SMILES string of the molecule is CS(=O)(=O)c1ccc(N=C(N)N=C(N)N)c([N+](=O)[O-])c1. The molecular formula is C9H12N6O4S. The van der Waals surface area contributed by atoms with E-state index in [2.05, 4.69) is 9.98 Å². The average Bonchev–Trinajstić information content (AvgIpc) is 2.26. The molecule has 0 saturated carbocycles. The van der Waals surface area contributed by atoms with Crippen LogP contribution in [0.3, 0.4) is 0 Å². The molecule has 6 N–H and O–H groups in total. The van der Waals surface area contributed by atoms with Crippen molar-refractivity contribution in [3.05, 3.63) is 28.3 Å². The van der Waals surface area contributed by atoms with Crippen LogP contribution in [0.2, 0.25) is 0 Å². The van der Waals surface area contributed by atoms with Crippen LogP contribution in [-0.4, -0.2) is 31.5 Å². The Labute approximate surface area is 114 Å². The second-order valence-corrected chi connectivity index (χ2v) is 5.70. The zero-order chi connectivity index (χ0) is 15.5. The Morgan fingerprint density at radius 3 is 2.35 bits per heavy atom. The topological polar surface area (TPSA) is 180 Å². The summed E-state index contributed by atoms with van der Waals surface area (Å²) in [6, 6.07) is 3.20. The molecule has 0 atom stereocenters. The van der Waals surface area contributed by atoms with Gasteiger partial charge in [-0.25, -0.2) is 13.4 Å². The summed E-state index contributed by atoms with van der Waals surface area (Å²) in [5.41, 5.74) is 14.8. The fourth-order valence-corrected chi connectivity index (χ4v) is 1.90. The molecule has 0 aliphatic heterocycles. The third-order valence-electron chi connectivity index (χ3n) is 2.05. The Morgan fingerprint density at radius 1 is 1.30 bits per heavy atom. The first-order valence-electron chi connectivity index (χ1n) is 5.03. The molecule has 0 aromatic heterocycles. The van der Waals surface area contributed by atoms with Gasteiger partial charge in [-0.3, -0.25) is 10.1 Å². The monoisotopic (exact) mass is 300 g/mol. The lowest BCUT2D eigenvalue weighted by Crippen LogP contribution is -2.26. The first kappa shape index (κ1) is 15.4. The predicted octanol–water partition coefficient (Wildman–Crippen LogP) is -0.782. The summed E-state index contributed by atoms with van der Waals surface area (Å²) < 4.78 is 22.7. The maximum atomic E-state index is 11.3. The van der Waals surface area contributed by atoms with Crippen molar-refractivity contribution in [1.29, 1.82) is 0 Å². The van der Waals surface area contributed by atoms with Crippen molar-refractivity contribution in [2.75, 3.05) is 6.26 Å².